The summed E-state index contributed by atoms with van der Waals surface area (Å²) in [4.78, 5) is 15.9. The molecule has 1 aromatic heterocycles. The molecule has 16 heavy (non-hydrogen) atoms. The van der Waals surface area contributed by atoms with E-state index < -0.39 is 0 Å². The average molecular weight is 241 g/mol. The molecule has 1 aromatic rings. The van der Waals surface area contributed by atoms with Crippen molar-refractivity contribution >= 4 is 17.5 Å². The third-order valence-electron chi connectivity index (χ3n) is 2.54. The van der Waals surface area contributed by atoms with E-state index in [0.29, 0.717) is 16.6 Å². The van der Waals surface area contributed by atoms with E-state index in [2.05, 4.69) is 24.1 Å². The predicted molar refractivity (Wildman–Crippen MR) is 65.8 cm³/mol. The van der Waals surface area contributed by atoms with Crippen LogP contribution in [-0.4, -0.2) is 16.9 Å². The molecule has 0 aliphatic heterocycles. The minimum absolute atomic E-state index is 0.103. The van der Waals surface area contributed by atoms with Gasteiger partial charge in [0.15, 0.2) is 0 Å². The van der Waals surface area contributed by atoms with E-state index >= 15 is 0 Å². The summed E-state index contributed by atoms with van der Waals surface area (Å²) >= 11 is 5.80. The Labute approximate surface area is 101 Å². The molecule has 1 N–H and O–H groups in total. The average Bonchev–Trinajstić information content (AvgIpc) is 2.15. The molecule has 0 spiro atoms. The fourth-order valence-corrected chi connectivity index (χ4v) is 1.47. The van der Waals surface area contributed by atoms with Gasteiger partial charge in [-0.1, -0.05) is 25.4 Å². The molecule has 88 valence electrons. The second-order valence-corrected chi connectivity index (χ2v) is 4.71. The van der Waals surface area contributed by atoms with Gasteiger partial charge >= 0.3 is 0 Å². The summed E-state index contributed by atoms with van der Waals surface area (Å²) < 4.78 is 0. The number of nitrogens with one attached hydrogen (secondary N) is 1. The van der Waals surface area contributed by atoms with Crippen LogP contribution in [0, 0.1) is 12.8 Å². The van der Waals surface area contributed by atoms with Crippen LogP contribution >= 0.6 is 11.6 Å². The Morgan fingerprint density at radius 1 is 1.38 bits per heavy atom. The Balaban J connectivity index is 2.80. The van der Waals surface area contributed by atoms with Crippen molar-refractivity contribution < 1.29 is 4.79 Å². The van der Waals surface area contributed by atoms with Crippen LogP contribution in [0.15, 0.2) is 12.1 Å². The highest BCUT2D eigenvalue weighted by Crippen LogP contribution is 2.11. The minimum atomic E-state index is -0.103. The van der Waals surface area contributed by atoms with Gasteiger partial charge < -0.3 is 5.32 Å². The summed E-state index contributed by atoms with van der Waals surface area (Å²) in [7, 11) is 0. The number of carbonyl (C=O) groups is 1. The number of aryl methyl sites for hydroxylation is 1. The molecule has 0 aliphatic carbocycles. The summed E-state index contributed by atoms with van der Waals surface area (Å²) in [6.07, 6.45) is 0. The summed E-state index contributed by atoms with van der Waals surface area (Å²) in [5, 5.41) is 3.27. The van der Waals surface area contributed by atoms with E-state index in [1.807, 2.05) is 13.8 Å². The molecule has 0 radical (unpaired) electrons. The number of nitrogens with zero attached hydrogens (tertiary/aromatic N) is 1. The fraction of sp³-hybridized carbons (Fsp3) is 0.500. The second kappa shape index (κ2) is 5.30. The SMILES string of the molecule is Cc1cc(C(=O)NC(C)C(C)C)cc(Cl)n1. The molecule has 0 bridgehead atoms. The van der Waals surface area contributed by atoms with Gasteiger partial charge in [0.1, 0.15) is 5.15 Å². The zero-order valence-corrected chi connectivity index (χ0v) is 10.8. The lowest BCUT2D eigenvalue weighted by Crippen LogP contribution is -2.36. The Hall–Kier alpha value is -1.09. The fourth-order valence-electron chi connectivity index (χ4n) is 1.22. The first-order chi connectivity index (χ1) is 7.40. The van der Waals surface area contributed by atoms with E-state index in [4.69, 9.17) is 11.6 Å². The van der Waals surface area contributed by atoms with Gasteiger partial charge in [-0.2, -0.15) is 0 Å². The number of aromatic nitrogens is 1. The van der Waals surface area contributed by atoms with Crippen LogP contribution < -0.4 is 5.32 Å². The Kier molecular flexibility index (Phi) is 4.30. The van der Waals surface area contributed by atoms with Crippen molar-refractivity contribution in [2.45, 2.75) is 33.7 Å². The van der Waals surface area contributed by atoms with Crippen molar-refractivity contribution in [2.24, 2.45) is 5.92 Å². The number of halogens is 1. The summed E-state index contributed by atoms with van der Waals surface area (Å²) in [6, 6.07) is 3.45. The molecule has 1 amide bonds. The van der Waals surface area contributed by atoms with Crippen LogP contribution in [0.3, 0.4) is 0 Å². The van der Waals surface area contributed by atoms with Gasteiger partial charge in [-0.3, -0.25) is 4.79 Å². The van der Waals surface area contributed by atoms with Crippen LogP contribution in [0.4, 0.5) is 0 Å². The third kappa shape index (κ3) is 3.49. The molecule has 3 nitrogen and oxygen atoms in total. The van der Waals surface area contributed by atoms with E-state index in [9.17, 15) is 4.79 Å². The third-order valence-corrected chi connectivity index (χ3v) is 2.74. The molecule has 1 unspecified atom stereocenters. The van der Waals surface area contributed by atoms with E-state index in [-0.39, 0.29) is 11.9 Å². The lowest BCUT2D eigenvalue weighted by Gasteiger charge is -2.17. The van der Waals surface area contributed by atoms with Crippen LogP contribution in [-0.2, 0) is 0 Å². The smallest absolute Gasteiger partial charge is 0.251 e. The van der Waals surface area contributed by atoms with Gasteiger partial charge in [-0.05, 0) is 31.9 Å². The number of carbonyl (C=O) groups excluding carboxylic acids is 1. The number of hydrogen-bond donors (Lipinski definition) is 1. The van der Waals surface area contributed by atoms with Gasteiger partial charge in [0.2, 0.25) is 0 Å². The molecule has 0 saturated heterocycles. The molecular formula is C12H17ClN2O. The van der Waals surface area contributed by atoms with Crippen LogP contribution in [0.25, 0.3) is 0 Å². The number of rotatable bonds is 3. The molecular weight excluding hydrogens is 224 g/mol. The highest BCUT2D eigenvalue weighted by Gasteiger charge is 2.13. The summed E-state index contributed by atoms with van der Waals surface area (Å²) in [5.41, 5.74) is 1.31. The van der Waals surface area contributed by atoms with Crippen LogP contribution in [0.2, 0.25) is 5.15 Å². The molecule has 1 heterocycles. The van der Waals surface area contributed by atoms with E-state index in [1.54, 1.807) is 12.1 Å². The highest BCUT2D eigenvalue weighted by atomic mass is 35.5. The van der Waals surface area contributed by atoms with Crippen molar-refractivity contribution in [1.29, 1.82) is 0 Å². The monoisotopic (exact) mass is 240 g/mol. The normalized spacial score (nSPS) is 12.6. The Bertz CT molecular complexity index is 370. The first kappa shape index (κ1) is 13.0. The number of hydrogen-bond acceptors (Lipinski definition) is 2. The van der Waals surface area contributed by atoms with Gasteiger partial charge in [0, 0.05) is 17.3 Å². The topological polar surface area (TPSA) is 42.0 Å². The number of amides is 1. The first-order valence-electron chi connectivity index (χ1n) is 5.35. The van der Waals surface area contributed by atoms with Gasteiger partial charge in [0.25, 0.3) is 5.91 Å². The molecule has 1 rings (SSSR count). The van der Waals surface area contributed by atoms with E-state index in [0.717, 1.165) is 5.69 Å². The van der Waals surface area contributed by atoms with Crippen LogP contribution in [0.5, 0.6) is 0 Å². The number of pyridine rings is 1. The van der Waals surface area contributed by atoms with Crippen molar-refractivity contribution in [3.05, 3.63) is 28.5 Å². The maximum absolute atomic E-state index is 11.9. The first-order valence-corrected chi connectivity index (χ1v) is 5.73. The predicted octanol–water partition coefficient (Wildman–Crippen LogP) is 2.82. The lowest BCUT2D eigenvalue weighted by molar-refractivity contribution is 0.0930. The Morgan fingerprint density at radius 2 is 2.00 bits per heavy atom. The van der Waals surface area contributed by atoms with Crippen molar-refractivity contribution in [1.82, 2.24) is 10.3 Å². The molecule has 4 heteroatoms. The summed E-state index contributed by atoms with van der Waals surface area (Å²) in [6.45, 7) is 7.93. The van der Waals surface area contributed by atoms with E-state index in [1.165, 1.54) is 0 Å². The van der Waals surface area contributed by atoms with Crippen molar-refractivity contribution in [3.8, 4) is 0 Å². The second-order valence-electron chi connectivity index (χ2n) is 4.33. The molecule has 0 fully saturated rings. The highest BCUT2D eigenvalue weighted by molar-refractivity contribution is 6.29. The largest absolute Gasteiger partial charge is 0.349 e. The summed E-state index contributed by atoms with van der Waals surface area (Å²) in [5.74, 6) is 0.302. The van der Waals surface area contributed by atoms with Gasteiger partial charge in [-0.25, -0.2) is 4.98 Å². The molecule has 0 saturated carbocycles. The maximum atomic E-state index is 11.9. The Morgan fingerprint density at radius 3 is 2.50 bits per heavy atom. The van der Waals surface area contributed by atoms with Crippen molar-refractivity contribution in [3.63, 3.8) is 0 Å². The molecule has 0 aliphatic rings. The zero-order valence-electron chi connectivity index (χ0n) is 10.0. The van der Waals surface area contributed by atoms with Gasteiger partial charge in [-0.15, -0.1) is 0 Å². The maximum Gasteiger partial charge on any atom is 0.251 e. The standard InChI is InChI=1S/C12H17ClN2O/c1-7(2)9(4)15-12(16)10-5-8(3)14-11(13)6-10/h5-7,9H,1-4H3,(H,15,16). The molecule has 0 aromatic carbocycles. The van der Waals surface area contributed by atoms with Crippen LogP contribution in [0.1, 0.15) is 36.8 Å². The van der Waals surface area contributed by atoms with Crippen molar-refractivity contribution in [2.75, 3.05) is 0 Å². The minimum Gasteiger partial charge on any atom is -0.349 e. The quantitative estimate of drug-likeness (QED) is 0.826. The van der Waals surface area contributed by atoms with Gasteiger partial charge in [0.05, 0.1) is 0 Å². The lowest BCUT2D eigenvalue weighted by atomic mass is 10.1. The molecule has 1 atom stereocenters. The zero-order chi connectivity index (χ0) is 12.3.